The first-order valence-corrected chi connectivity index (χ1v) is 10.6. The molecule has 0 radical (unpaired) electrons. The largest absolute Gasteiger partial charge is 0.480 e. The van der Waals surface area contributed by atoms with E-state index >= 15 is 0 Å². The molecule has 26 heavy (non-hydrogen) atoms. The molecule has 0 aliphatic carbocycles. The van der Waals surface area contributed by atoms with Gasteiger partial charge in [-0.1, -0.05) is 78.1 Å². The first-order valence-electron chi connectivity index (χ1n) is 10.6. The summed E-state index contributed by atoms with van der Waals surface area (Å²) in [5.41, 5.74) is 5.42. The topological polar surface area (TPSA) is 89.6 Å². The molecule has 0 spiro atoms. The van der Waals surface area contributed by atoms with Crippen LogP contribution in [-0.4, -0.2) is 29.7 Å². The van der Waals surface area contributed by atoms with Gasteiger partial charge in [0, 0.05) is 6.42 Å². The highest BCUT2D eigenvalue weighted by atomic mass is 16.5. The minimum absolute atomic E-state index is 0.0764. The van der Waals surface area contributed by atoms with Crippen molar-refractivity contribution in [2.24, 2.45) is 11.7 Å². The summed E-state index contributed by atoms with van der Waals surface area (Å²) in [5, 5.41) is 8.75. The molecule has 0 rings (SSSR count). The van der Waals surface area contributed by atoms with Gasteiger partial charge in [0.1, 0.15) is 6.04 Å². The van der Waals surface area contributed by atoms with Crippen molar-refractivity contribution in [1.82, 2.24) is 0 Å². The predicted octanol–water partition coefficient (Wildman–Crippen LogP) is 5.06. The van der Waals surface area contributed by atoms with Gasteiger partial charge in [-0.3, -0.25) is 9.59 Å². The third-order valence-corrected chi connectivity index (χ3v) is 4.89. The molecule has 0 aromatic carbocycles. The Labute approximate surface area is 160 Å². The monoisotopic (exact) mass is 371 g/mol. The van der Waals surface area contributed by atoms with Crippen LogP contribution in [0.4, 0.5) is 0 Å². The Bertz CT molecular complexity index is 360. The van der Waals surface area contributed by atoms with Crippen LogP contribution in [0.25, 0.3) is 0 Å². The van der Waals surface area contributed by atoms with Crippen LogP contribution >= 0.6 is 0 Å². The standard InChI is InChI=1S/C21H41NO4/c1-3-5-7-9-10-12-14-18(13-11-8-6-4-2)17-26-20(23)16-15-19(22)21(24)25/h18-19H,3-17,22H2,1-2H3,(H,24,25). The van der Waals surface area contributed by atoms with Crippen LogP contribution in [0.5, 0.6) is 0 Å². The summed E-state index contributed by atoms with van der Waals surface area (Å²) in [5.74, 6) is -0.979. The molecule has 0 heterocycles. The van der Waals surface area contributed by atoms with Crippen molar-refractivity contribution in [3.63, 3.8) is 0 Å². The van der Waals surface area contributed by atoms with E-state index in [1.807, 2.05) is 0 Å². The summed E-state index contributed by atoms with van der Waals surface area (Å²) >= 11 is 0. The zero-order chi connectivity index (χ0) is 19.6. The summed E-state index contributed by atoms with van der Waals surface area (Å²) in [6, 6.07) is -0.990. The number of rotatable bonds is 18. The molecule has 3 N–H and O–H groups in total. The number of hydrogen-bond acceptors (Lipinski definition) is 4. The van der Waals surface area contributed by atoms with E-state index in [0.717, 1.165) is 12.8 Å². The minimum Gasteiger partial charge on any atom is -0.480 e. The lowest BCUT2D eigenvalue weighted by molar-refractivity contribution is -0.145. The van der Waals surface area contributed by atoms with Crippen molar-refractivity contribution < 1.29 is 19.4 Å². The molecule has 0 fully saturated rings. The molecule has 0 aromatic rings. The highest BCUT2D eigenvalue weighted by molar-refractivity contribution is 5.75. The fourth-order valence-electron chi connectivity index (χ4n) is 3.06. The van der Waals surface area contributed by atoms with Crippen molar-refractivity contribution in [2.45, 2.75) is 110 Å². The average Bonchev–Trinajstić information content (AvgIpc) is 2.62. The zero-order valence-electron chi connectivity index (χ0n) is 17.0. The maximum atomic E-state index is 11.8. The lowest BCUT2D eigenvalue weighted by atomic mass is 9.95. The number of hydrogen-bond donors (Lipinski definition) is 2. The Morgan fingerprint density at radius 1 is 0.846 bits per heavy atom. The molecule has 0 aliphatic rings. The highest BCUT2D eigenvalue weighted by Gasteiger charge is 2.16. The smallest absolute Gasteiger partial charge is 0.320 e. The van der Waals surface area contributed by atoms with E-state index in [-0.39, 0.29) is 18.8 Å². The second-order valence-corrected chi connectivity index (χ2v) is 7.44. The summed E-state index contributed by atoms with van der Waals surface area (Å²) in [7, 11) is 0. The van der Waals surface area contributed by atoms with Gasteiger partial charge in [0.25, 0.3) is 0 Å². The van der Waals surface area contributed by atoms with Crippen molar-refractivity contribution in [3.05, 3.63) is 0 Å². The first kappa shape index (κ1) is 24.9. The van der Waals surface area contributed by atoms with Crippen molar-refractivity contribution in [3.8, 4) is 0 Å². The van der Waals surface area contributed by atoms with E-state index < -0.39 is 12.0 Å². The molecule has 0 saturated heterocycles. The van der Waals surface area contributed by atoms with Gasteiger partial charge in [0.2, 0.25) is 0 Å². The lowest BCUT2D eigenvalue weighted by Gasteiger charge is -2.17. The van der Waals surface area contributed by atoms with Crippen LogP contribution in [0.15, 0.2) is 0 Å². The Morgan fingerprint density at radius 3 is 1.88 bits per heavy atom. The fourth-order valence-corrected chi connectivity index (χ4v) is 3.06. The SMILES string of the molecule is CCCCCCCCC(CCCCCC)COC(=O)CCC(N)C(=O)O. The van der Waals surface area contributed by atoms with Crippen LogP contribution in [0.1, 0.15) is 104 Å². The molecule has 5 nitrogen and oxygen atoms in total. The number of unbranched alkanes of at least 4 members (excludes halogenated alkanes) is 8. The summed E-state index contributed by atoms with van der Waals surface area (Å²) in [4.78, 5) is 22.5. The van der Waals surface area contributed by atoms with E-state index in [1.54, 1.807) is 0 Å². The predicted molar refractivity (Wildman–Crippen MR) is 106 cm³/mol. The molecule has 154 valence electrons. The summed E-state index contributed by atoms with van der Waals surface area (Å²) in [6.45, 7) is 4.89. The summed E-state index contributed by atoms with van der Waals surface area (Å²) in [6.07, 6.45) is 15.0. The lowest BCUT2D eigenvalue weighted by Crippen LogP contribution is -2.30. The van der Waals surface area contributed by atoms with Crippen LogP contribution in [0.3, 0.4) is 0 Å². The van der Waals surface area contributed by atoms with E-state index in [2.05, 4.69) is 13.8 Å². The summed E-state index contributed by atoms with van der Waals surface area (Å²) < 4.78 is 5.40. The van der Waals surface area contributed by atoms with E-state index in [4.69, 9.17) is 15.6 Å². The first-order chi connectivity index (χ1) is 12.5. The maximum Gasteiger partial charge on any atom is 0.320 e. The zero-order valence-corrected chi connectivity index (χ0v) is 17.0. The Balaban J connectivity index is 4.07. The van der Waals surface area contributed by atoms with E-state index in [9.17, 15) is 9.59 Å². The van der Waals surface area contributed by atoms with Crippen molar-refractivity contribution in [1.29, 1.82) is 0 Å². The highest BCUT2D eigenvalue weighted by Crippen LogP contribution is 2.19. The molecular weight excluding hydrogens is 330 g/mol. The molecule has 0 aliphatic heterocycles. The Kier molecular flexibility index (Phi) is 16.6. The normalized spacial score (nSPS) is 13.3. The molecule has 2 unspecified atom stereocenters. The number of carbonyl (C=O) groups excluding carboxylic acids is 1. The van der Waals surface area contributed by atoms with Gasteiger partial charge in [-0.15, -0.1) is 0 Å². The third-order valence-electron chi connectivity index (χ3n) is 4.89. The van der Waals surface area contributed by atoms with Gasteiger partial charge in [0.05, 0.1) is 6.61 Å². The van der Waals surface area contributed by atoms with Gasteiger partial charge in [-0.05, 0) is 25.2 Å². The van der Waals surface area contributed by atoms with Crippen molar-refractivity contribution >= 4 is 11.9 Å². The van der Waals surface area contributed by atoms with Crippen molar-refractivity contribution in [2.75, 3.05) is 6.61 Å². The molecule has 5 heteroatoms. The van der Waals surface area contributed by atoms with Crippen LogP contribution < -0.4 is 5.73 Å². The second kappa shape index (κ2) is 17.3. The van der Waals surface area contributed by atoms with E-state index in [0.29, 0.717) is 12.5 Å². The Hall–Kier alpha value is -1.10. The molecule has 0 saturated carbocycles. The van der Waals surface area contributed by atoms with Gasteiger partial charge in [-0.25, -0.2) is 0 Å². The number of ether oxygens (including phenoxy) is 1. The fraction of sp³-hybridized carbons (Fsp3) is 0.905. The van der Waals surface area contributed by atoms with Crippen LogP contribution in [-0.2, 0) is 14.3 Å². The van der Waals surface area contributed by atoms with Gasteiger partial charge < -0.3 is 15.6 Å². The minimum atomic E-state index is -1.07. The Morgan fingerprint density at radius 2 is 1.35 bits per heavy atom. The average molecular weight is 372 g/mol. The molecule has 0 bridgehead atoms. The molecule has 0 aromatic heterocycles. The second-order valence-electron chi connectivity index (χ2n) is 7.44. The molecule has 0 amide bonds. The number of nitrogens with two attached hydrogens (primary N) is 1. The van der Waals surface area contributed by atoms with Gasteiger partial charge >= 0.3 is 11.9 Å². The number of carbonyl (C=O) groups is 2. The third kappa shape index (κ3) is 15.2. The number of carboxylic acids is 1. The van der Waals surface area contributed by atoms with Crippen LogP contribution in [0.2, 0.25) is 0 Å². The van der Waals surface area contributed by atoms with E-state index in [1.165, 1.54) is 64.2 Å². The van der Waals surface area contributed by atoms with Gasteiger partial charge in [-0.2, -0.15) is 0 Å². The number of esters is 1. The molecule has 2 atom stereocenters. The number of aliphatic carboxylic acids is 1. The van der Waals surface area contributed by atoms with Gasteiger partial charge in [0.15, 0.2) is 0 Å². The quantitative estimate of drug-likeness (QED) is 0.260. The van der Waals surface area contributed by atoms with Crippen LogP contribution in [0, 0.1) is 5.92 Å². The molecular formula is C21H41NO4. The number of carboxylic acid groups (broad SMARTS) is 1. The maximum absolute atomic E-state index is 11.8.